The van der Waals surface area contributed by atoms with Crippen LogP contribution in [-0.4, -0.2) is 35.1 Å². The van der Waals surface area contributed by atoms with Gasteiger partial charge in [-0.25, -0.2) is 9.69 Å². The number of carbonyl (C=O) groups is 2. The fraction of sp³-hybridized carbons (Fsp3) is 0.750. The number of rotatable bonds is 5. The van der Waals surface area contributed by atoms with Gasteiger partial charge in [-0.05, 0) is 40.2 Å². The van der Waals surface area contributed by atoms with E-state index >= 15 is 0 Å². The number of carbonyl (C=O) groups excluding carboxylic acids is 2. The Morgan fingerprint density at radius 2 is 1.89 bits per heavy atom. The molecule has 6 heteroatoms. The summed E-state index contributed by atoms with van der Waals surface area (Å²) in [6, 6.07) is -0.749. The summed E-state index contributed by atoms with van der Waals surface area (Å²) in [6.45, 7) is 5.69. The Hall–Kier alpha value is -1.14. The van der Waals surface area contributed by atoms with Crippen molar-refractivity contribution in [3.05, 3.63) is 7.05 Å². The van der Waals surface area contributed by atoms with E-state index in [1.54, 1.807) is 20.8 Å². The maximum Gasteiger partial charge on any atom is 0.417 e. The Morgan fingerprint density at radius 1 is 1.33 bits per heavy atom. The second-order valence-electron chi connectivity index (χ2n) is 5.14. The fourth-order valence-electron chi connectivity index (χ4n) is 1.24. The minimum atomic E-state index is -0.790. The van der Waals surface area contributed by atoms with Crippen molar-refractivity contribution in [3.63, 3.8) is 0 Å². The van der Waals surface area contributed by atoms with Gasteiger partial charge in [-0.15, -0.1) is 0 Å². The molecule has 4 N–H and O–H groups in total. The van der Waals surface area contributed by atoms with E-state index in [2.05, 4.69) is 7.05 Å². The average molecular weight is 258 g/mol. The number of imide groups is 1. The van der Waals surface area contributed by atoms with Gasteiger partial charge < -0.3 is 16.2 Å². The summed E-state index contributed by atoms with van der Waals surface area (Å²) in [5.41, 5.74) is 10.4. The van der Waals surface area contributed by atoms with E-state index < -0.39 is 23.6 Å². The van der Waals surface area contributed by atoms with Crippen LogP contribution in [-0.2, 0) is 9.53 Å². The zero-order valence-corrected chi connectivity index (χ0v) is 11.4. The highest BCUT2D eigenvalue weighted by atomic mass is 16.6. The van der Waals surface area contributed by atoms with Gasteiger partial charge in [0.2, 0.25) is 5.91 Å². The predicted octanol–water partition coefficient (Wildman–Crippen LogP) is 0.998. The Labute approximate surface area is 109 Å². The summed E-state index contributed by atoms with van der Waals surface area (Å²) in [5.74, 6) is -0.540. The first-order chi connectivity index (χ1) is 8.19. The van der Waals surface area contributed by atoms with E-state index in [9.17, 15) is 9.59 Å². The second-order valence-corrected chi connectivity index (χ2v) is 5.14. The van der Waals surface area contributed by atoms with E-state index in [0.717, 1.165) is 12.8 Å². The predicted molar refractivity (Wildman–Crippen MR) is 69.3 cm³/mol. The Bertz CT molecular complexity index is 287. The molecule has 0 heterocycles. The summed E-state index contributed by atoms with van der Waals surface area (Å²) < 4.78 is 5.02. The highest BCUT2D eigenvalue weighted by molar-refractivity contribution is 5.95. The van der Waals surface area contributed by atoms with Crippen molar-refractivity contribution in [1.82, 2.24) is 4.90 Å². The first-order valence-corrected chi connectivity index (χ1v) is 6.02. The molecule has 1 atom stereocenters. The molecule has 0 rings (SSSR count). The SMILES string of the molecule is [CH2]N(C(=O)OC(C)(C)C)C(=O)[C@@H](N)CCCCN. The lowest BCUT2D eigenvalue weighted by Crippen LogP contribution is -2.45. The van der Waals surface area contributed by atoms with Crippen LogP contribution in [0, 0.1) is 7.05 Å². The van der Waals surface area contributed by atoms with E-state index in [1.807, 2.05) is 0 Å². The largest absolute Gasteiger partial charge is 0.443 e. The first kappa shape index (κ1) is 16.9. The number of amides is 2. The lowest BCUT2D eigenvalue weighted by Gasteiger charge is -2.25. The third kappa shape index (κ3) is 6.56. The number of hydrogen-bond donors (Lipinski definition) is 2. The Morgan fingerprint density at radius 3 is 2.33 bits per heavy atom. The molecule has 0 fully saturated rings. The van der Waals surface area contributed by atoms with Crippen molar-refractivity contribution in [1.29, 1.82) is 0 Å². The van der Waals surface area contributed by atoms with Gasteiger partial charge in [0.1, 0.15) is 5.60 Å². The van der Waals surface area contributed by atoms with Gasteiger partial charge >= 0.3 is 6.09 Å². The van der Waals surface area contributed by atoms with Crippen LogP contribution in [0.15, 0.2) is 0 Å². The summed E-state index contributed by atoms with van der Waals surface area (Å²) in [4.78, 5) is 24.0. The van der Waals surface area contributed by atoms with E-state index in [-0.39, 0.29) is 0 Å². The van der Waals surface area contributed by atoms with Crippen molar-refractivity contribution in [2.75, 3.05) is 6.54 Å². The summed E-state index contributed by atoms with van der Waals surface area (Å²) >= 11 is 0. The number of hydrogen-bond acceptors (Lipinski definition) is 5. The molecule has 0 unspecified atom stereocenters. The minimum absolute atomic E-state index is 0.477. The molecular weight excluding hydrogens is 234 g/mol. The molecular formula is C12H24N3O3. The number of unbranched alkanes of at least 4 members (excludes halogenated alkanes) is 1. The van der Waals surface area contributed by atoms with Crippen molar-refractivity contribution in [2.45, 2.75) is 51.7 Å². The number of nitrogens with zero attached hydrogens (tertiary/aromatic N) is 1. The zero-order valence-electron chi connectivity index (χ0n) is 11.4. The van der Waals surface area contributed by atoms with Crippen LogP contribution in [0.2, 0.25) is 0 Å². The lowest BCUT2D eigenvalue weighted by molar-refractivity contribution is -0.129. The van der Waals surface area contributed by atoms with Gasteiger partial charge in [0.25, 0.3) is 0 Å². The van der Waals surface area contributed by atoms with E-state index in [1.165, 1.54) is 0 Å². The van der Waals surface area contributed by atoms with E-state index in [0.29, 0.717) is 17.9 Å². The molecule has 0 aliphatic carbocycles. The van der Waals surface area contributed by atoms with Crippen LogP contribution < -0.4 is 11.5 Å². The molecule has 18 heavy (non-hydrogen) atoms. The molecule has 0 aromatic carbocycles. The van der Waals surface area contributed by atoms with Crippen molar-refractivity contribution >= 4 is 12.0 Å². The normalized spacial score (nSPS) is 13.0. The third-order valence-corrected chi connectivity index (χ3v) is 2.17. The molecule has 0 saturated heterocycles. The van der Waals surface area contributed by atoms with Crippen LogP contribution in [0.3, 0.4) is 0 Å². The van der Waals surface area contributed by atoms with Crippen LogP contribution in [0.1, 0.15) is 40.0 Å². The van der Waals surface area contributed by atoms with Gasteiger partial charge in [0.15, 0.2) is 0 Å². The van der Waals surface area contributed by atoms with Crippen LogP contribution in [0.4, 0.5) is 4.79 Å². The highest BCUT2D eigenvalue weighted by Gasteiger charge is 2.27. The molecule has 0 saturated carbocycles. The molecule has 0 spiro atoms. The molecule has 0 aliphatic rings. The van der Waals surface area contributed by atoms with Gasteiger partial charge in [0, 0.05) is 0 Å². The monoisotopic (exact) mass is 258 g/mol. The fourth-order valence-corrected chi connectivity index (χ4v) is 1.24. The van der Waals surface area contributed by atoms with E-state index in [4.69, 9.17) is 16.2 Å². The molecule has 6 nitrogen and oxygen atoms in total. The number of ether oxygens (including phenoxy) is 1. The van der Waals surface area contributed by atoms with Gasteiger partial charge in [-0.2, -0.15) is 0 Å². The molecule has 0 aromatic rings. The molecule has 0 aromatic heterocycles. The molecule has 1 radical (unpaired) electrons. The highest BCUT2D eigenvalue weighted by Crippen LogP contribution is 2.11. The van der Waals surface area contributed by atoms with Gasteiger partial charge in [-0.3, -0.25) is 4.79 Å². The summed E-state index contributed by atoms with van der Waals surface area (Å²) in [7, 11) is 3.38. The standard InChI is InChI=1S/C12H24N3O3/c1-12(2,3)18-11(17)15(4)10(16)9(14)7-5-6-8-13/h9H,4-8,13-14H2,1-3H3/t9-/m0/s1. The first-order valence-electron chi connectivity index (χ1n) is 6.02. The molecule has 0 aliphatic heterocycles. The smallest absolute Gasteiger partial charge is 0.417 e. The Balaban J connectivity index is 4.27. The van der Waals surface area contributed by atoms with Crippen molar-refractivity contribution in [3.8, 4) is 0 Å². The number of nitrogens with two attached hydrogens (primary N) is 2. The van der Waals surface area contributed by atoms with Crippen molar-refractivity contribution in [2.24, 2.45) is 11.5 Å². The lowest BCUT2D eigenvalue weighted by atomic mass is 10.1. The summed E-state index contributed by atoms with van der Waals surface area (Å²) in [5, 5.41) is 0. The van der Waals surface area contributed by atoms with Crippen LogP contribution in [0.5, 0.6) is 0 Å². The second kappa shape index (κ2) is 7.33. The zero-order chi connectivity index (χ0) is 14.3. The van der Waals surface area contributed by atoms with Crippen LogP contribution in [0.25, 0.3) is 0 Å². The summed E-state index contributed by atoms with van der Waals surface area (Å²) in [6.07, 6.45) is 1.22. The molecule has 0 bridgehead atoms. The van der Waals surface area contributed by atoms with Crippen LogP contribution >= 0.6 is 0 Å². The minimum Gasteiger partial charge on any atom is -0.443 e. The molecule has 105 valence electrons. The van der Waals surface area contributed by atoms with Crippen molar-refractivity contribution < 1.29 is 14.3 Å². The van der Waals surface area contributed by atoms with Gasteiger partial charge in [-0.1, -0.05) is 6.42 Å². The topological polar surface area (TPSA) is 98.6 Å². The van der Waals surface area contributed by atoms with Gasteiger partial charge in [0.05, 0.1) is 13.1 Å². The molecule has 2 amide bonds. The Kier molecular flexibility index (Phi) is 6.86. The maximum atomic E-state index is 11.8. The quantitative estimate of drug-likeness (QED) is 0.717. The average Bonchev–Trinajstić information content (AvgIpc) is 2.24. The maximum absolute atomic E-state index is 11.8. The third-order valence-electron chi connectivity index (χ3n) is 2.17.